The second kappa shape index (κ2) is 8.77. The molecular weight excluding hydrogens is 408 g/mol. The first-order valence-corrected chi connectivity index (χ1v) is 12.1. The fourth-order valence-corrected chi connectivity index (χ4v) is 5.32. The van der Waals surface area contributed by atoms with E-state index in [1.54, 1.807) is 16.4 Å². The summed E-state index contributed by atoms with van der Waals surface area (Å²) in [4.78, 5) is 12.1. The largest absolute Gasteiger partial charge is 0.359 e. The van der Waals surface area contributed by atoms with Gasteiger partial charge in [0, 0.05) is 44.2 Å². The Morgan fingerprint density at radius 3 is 2.42 bits per heavy atom. The SMILES string of the molecule is CCCN(C)c1nc(-c2ccccc2)nc2c1CN(S(=O)(=O)c1ccc(C)cc1)CC2. The molecule has 31 heavy (non-hydrogen) atoms. The quantitative estimate of drug-likeness (QED) is 0.583. The Balaban J connectivity index is 1.74. The molecule has 6 nitrogen and oxygen atoms in total. The lowest BCUT2D eigenvalue weighted by Crippen LogP contribution is -2.38. The molecule has 0 bridgehead atoms. The summed E-state index contributed by atoms with van der Waals surface area (Å²) >= 11 is 0. The molecule has 0 unspecified atom stereocenters. The molecule has 1 aromatic heterocycles. The lowest BCUT2D eigenvalue weighted by atomic mass is 10.1. The molecule has 2 aromatic carbocycles. The number of rotatable bonds is 6. The van der Waals surface area contributed by atoms with Gasteiger partial charge in [-0.2, -0.15) is 4.31 Å². The summed E-state index contributed by atoms with van der Waals surface area (Å²) in [7, 11) is -1.57. The zero-order chi connectivity index (χ0) is 22.0. The molecule has 0 atom stereocenters. The summed E-state index contributed by atoms with van der Waals surface area (Å²) < 4.78 is 28.1. The van der Waals surface area contributed by atoms with E-state index in [9.17, 15) is 8.42 Å². The van der Waals surface area contributed by atoms with Crippen LogP contribution in [0.5, 0.6) is 0 Å². The van der Waals surface area contributed by atoms with Crippen LogP contribution in [0.3, 0.4) is 0 Å². The maximum atomic E-state index is 13.3. The fraction of sp³-hybridized carbons (Fsp3) is 0.333. The smallest absolute Gasteiger partial charge is 0.243 e. The third-order valence-corrected chi connectivity index (χ3v) is 7.47. The van der Waals surface area contributed by atoms with Gasteiger partial charge in [0.15, 0.2) is 5.82 Å². The van der Waals surface area contributed by atoms with Crippen LogP contribution in [0.2, 0.25) is 0 Å². The zero-order valence-electron chi connectivity index (χ0n) is 18.2. The van der Waals surface area contributed by atoms with E-state index in [-0.39, 0.29) is 6.54 Å². The molecule has 7 heteroatoms. The lowest BCUT2D eigenvalue weighted by Gasteiger charge is -2.31. The second-order valence-electron chi connectivity index (χ2n) is 7.99. The van der Waals surface area contributed by atoms with Crippen molar-refractivity contribution in [2.45, 2.75) is 38.1 Å². The lowest BCUT2D eigenvalue weighted by molar-refractivity contribution is 0.387. The summed E-state index contributed by atoms with van der Waals surface area (Å²) in [5.41, 5.74) is 3.83. The van der Waals surface area contributed by atoms with Crippen LogP contribution in [0, 0.1) is 6.92 Å². The van der Waals surface area contributed by atoms with Gasteiger partial charge >= 0.3 is 0 Å². The third kappa shape index (κ3) is 4.34. The Bertz CT molecular complexity index is 1160. The molecule has 0 spiro atoms. The Morgan fingerprint density at radius 2 is 1.74 bits per heavy atom. The van der Waals surface area contributed by atoms with Crippen molar-refractivity contribution in [2.24, 2.45) is 0 Å². The van der Waals surface area contributed by atoms with Gasteiger partial charge in [0.25, 0.3) is 0 Å². The molecule has 162 valence electrons. The molecule has 4 rings (SSSR count). The zero-order valence-corrected chi connectivity index (χ0v) is 19.1. The molecular formula is C24H28N4O2S. The predicted octanol–water partition coefficient (Wildman–Crippen LogP) is 4.05. The van der Waals surface area contributed by atoms with Crippen molar-refractivity contribution in [3.05, 3.63) is 71.4 Å². The van der Waals surface area contributed by atoms with Crippen LogP contribution in [0.1, 0.15) is 30.2 Å². The number of hydrogen-bond acceptors (Lipinski definition) is 5. The highest BCUT2D eigenvalue weighted by Crippen LogP contribution is 2.31. The number of nitrogens with zero attached hydrogens (tertiary/aromatic N) is 4. The van der Waals surface area contributed by atoms with Gasteiger partial charge in [-0.1, -0.05) is 55.0 Å². The van der Waals surface area contributed by atoms with E-state index in [4.69, 9.17) is 9.97 Å². The standard InChI is InChI=1S/C24H28N4O2S/c1-4-15-27(3)24-21-17-28(31(29,30)20-12-10-18(2)11-13-20)16-14-22(21)25-23(26-24)19-8-6-5-7-9-19/h5-13H,4,14-17H2,1-3H3. The highest BCUT2D eigenvalue weighted by atomic mass is 32.2. The van der Waals surface area contributed by atoms with Crippen LogP contribution in [0.4, 0.5) is 5.82 Å². The maximum Gasteiger partial charge on any atom is 0.243 e. The minimum atomic E-state index is -3.58. The van der Waals surface area contributed by atoms with E-state index in [1.807, 2.05) is 56.4 Å². The van der Waals surface area contributed by atoms with E-state index in [2.05, 4.69) is 11.8 Å². The Kier molecular flexibility index (Phi) is 6.07. The molecule has 0 fully saturated rings. The topological polar surface area (TPSA) is 66.4 Å². The number of benzene rings is 2. The fourth-order valence-electron chi connectivity index (χ4n) is 3.91. The van der Waals surface area contributed by atoms with Gasteiger partial charge in [-0.3, -0.25) is 0 Å². The average Bonchev–Trinajstić information content (AvgIpc) is 2.79. The summed E-state index contributed by atoms with van der Waals surface area (Å²) in [5.74, 6) is 1.50. The summed E-state index contributed by atoms with van der Waals surface area (Å²) in [6, 6.07) is 17.0. The first kappa shape index (κ1) is 21.5. The van der Waals surface area contributed by atoms with Gasteiger partial charge in [0.1, 0.15) is 5.82 Å². The van der Waals surface area contributed by atoms with Crippen molar-refractivity contribution >= 4 is 15.8 Å². The molecule has 0 radical (unpaired) electrons. The molecule has 0 aliphatic carbocycles. The van der Waals surface area contributed by atoms with Gasteiger partial charge in [0.2, 0.25) is 10.0 Å². The van der Waals surface area contributed by atoms with Crippen molar-refractivity contribution in [1.29, 1.82) is 0 Å². The third-order valence-electron chi connectivity index (χ3n) is 5.61. The summed E-state index contributed by atoms with van der Waals surface area (Å²) in [6.07, 6.45) is 1.54. The van der Waals surface area contributed by atoms with Crippen LogP contribution in [0.15, 0.2) is 59.5 Å². The molecule has 0 N–H and O–H groups in total. The molecule has 1 aliphatic heterocycles. The molecule has 2 heterocycles. The van der Waals surface area contributed by atoms with Crippen LogP contribution < -0.4 is 4.90 Å². The average molecular weight is 437 g/mol. The van der Waals surface area contributed by atoms with Gasteiger partial charge in [0.05, 0.1) is 10.6 Å². The van der Waals surface area contributed by atoms with Gasteiger partial charge in [-0.25, -0.2) is 18.4 Å². The minimum absolute atomic E-state index is 0.282. The number of fused-ring (bicyclic) bond motifs is 1. The monoisotopic (exact) mass is 436 g/mol. The Labute approximate surface area is 184 Å². The number of aryl methyl sites for hydroxylation is 1. The van der Waals surface area contributed by atoms with Crippen LogP contribution in [0.25, 0.3) is 11.4 Å². The molecule has 1 aliphatic rings. The minimum Gasteiger partial charge on any atom is -0.359 e. The predicted molar refractivity (Wildman–Crippen MR) is 124 cm³/mol. The number of hydrogen-bond donors (Lipinski definition) is 0. The van der Waals surface area contributed by atoms with Crippen molar-refractivity contribution < 1.29 is 8.42 Å². The maximum absolute atomic E-state index is 13.3. The Morgan fingerprint density at radius 1 is 1.03 bits per heavy atom. The number of sulfonamides is 1. The summed E-state index contributed by atoms with van der Waals surface area (Å²) in [5, 5.41) is 0. The molecule has 0 saturated heterocycles. The molecule has 0 saturated carbocycles. The second-order valence-corrected chi connectivity index (χ2v) is 9.92. The van der Waals surface area contributed by atoms with E-state index in [0.717, 1.165) is 41.2 Å². The van der Waals surface area contributed by atoms with Crippen LogP contribution in [-0.4, -0.2) is 42.8 Å². The normalized spacial score (nSPS) is 14.3. The number of aromatic nitrogens is 2. The van der Waals surface area contributed by atoms with Crippen molar-refractivity contribution in [3.8, 4) is 11.4 Å². The van der Waals surface area contributed by atoms with Crippen molar-refractivity contribution in [2.75, 3.05) is 25.0 Å². The van der Waals surface area contributed by atoms with E-state index in [1.165, 1.54) is 0 Å². The Hall–Kier alpha value is -2.77. The van der Waals surface area contributed by atoms with Crippen molar-refractivity contribution in [1.82, 2.24) is 14.3 Å². The first-order chi connectivity index (χ1) is 14.9. The summed E-state index contributed by atoms with van der Waals surface area (Å²) in [6.45, 7) is 5.60. The van der Waals surface area contributed by atoms with Gasteiger partial charge in [-0.15, -0.1) is 0 Å². The highest BCUT2D eigenvalue weighted by molar-refractivity contribution is 7.89. The van der Waals surface area contributed by atoms with E-state index >= 15 is 0 Å². The first-order valence-electron chi connectivity index (χ1n) is 10.6. The highest BCUT2D eigenvalue weighted by Gasteiger charge is 2.32. The molecule has 0 amide bonds. The van der Waals surface area contributed by atoms with E-state index < -0.39 is 10.0 Å². The van der Waals surface area contributed by atoms with Crippen LogP contribution in [-0.2, 0) is 23.0 Å². The molecule has 3 aromatic rings. The van der Waals surface area contributed by atoms with Gasteiger partial charge in [-0.05, 0) is 25.5 Å². The van der Waals surface area contributed by atoms with Gasteiger partial charge < -0.3 is 4.90 Å². The van der Waals surface area contributed by atoms with Crippen LogP contribution >= 0.6 is 0 Å². The number of anilines is 1. The van der Waals surface area contributed by atoms with E-state index in [0.29, 0.717) is 23.7 Å². The van der Waals surface area contributed by atoms with Crippen molar-refractivity contribution in [3.63, 3.8) is 0 Å².